The highest BCUT2D eigenvalue weighted by Gasteiger charge is 2.52. The van der Waals surface area contributed by atoms with Crippen LogP contribution in [0.15, 0.2) is 0 Å². The Morgan fingerprint density at radius 1 is 1.50 bits per heavy atom. The van der Waals surface area contributed by atoms with Crippen LogP contribution in [0.5, 0.6) is 0 Å². The number of hydrogen-bond acceptors (Lipinski definition) is 8. The molecule has 106 valence electrons. The average molecular weight is 267 g/mol. The molecule has 0 aromatic carbocycles. The van der Waals surface area contributed by atoms with Crippen molar-refractivity contribution in [2.75, 3.05) is 6.61 Å². The summed E-state index contributed by atoms with van der Waals surface area (Å²) >= 11 is 0. The van der Waals surface area contributed by atoms with Gasteiger partial charge in [-0.3, -0.25) is 0 Å². The number of nitrogens with two attached hydrogens (primary N) is 1. The topological polar surface area (TPSA) is 174 Å². The summed E-state index contributed by atoms with van der Waals surface area (Å²) in [5.41, 5.74) is 5.51. The van der Waals surface area contributed by atoms with E-state index in [4.69, 9.17) is 20.7 Å². The molecule has 0 spiro atoms. The molecule has 9 heteroatoms. The molecule has 1 fully saturated rings. The van der Waals surface area contributed by atoms with Crippen molar-refractivity contribution in [1.82, 2.24) is 0 Å². The molecule has 6 atom stereocenters. The molecule has 1 rings (SSSR count). The van der Waals surface area contributed by atoms with Gasteiger partial charge in [-0.1, -0.05) is 0 Å². The van der Waals surface area contributed by atoms with Gasteiger partial charge in [0.2, 0.25) is 0 Å². The quantitative estimate of drug-likeness (QED) is 0.267. The highest BCUT2D eigenvalue weighted by Crippen LogP contribution is 2.29. The Kier molecular flexibility index (Phi) is 4.61. The predicted molar refractivity (Wildman–Crippen MR) is 55.2 cm³/mol. The van der Waals surface area contributed by atoms with Crippen LogP contribution in [0.1, 0.15) is 6.42 Å². The van der Waals surface area contributed by atoms with Crippen LogP contribution in [0.2, 0.25) is 0 Å². The zero-order valence-corrected chi connectivity index (χ0v) is 9.38. The van der Waals surface area contributed by atoms with Crippen LogP contribution in [-0.4, -0.2) is 79.5 Å². The lowest BCUT2D eigenvalue weighted by Crippen LogP contribution is -2.65. The molecule has 0 aromatic rings. The first-order chi connectivity index (χ1) is 8.23. The number of rotatable bonds is 4. The normalized spacial score (nSPS) is 40.2. The van der Waals surface area contributed by atoms with Gasteiger partial charge in [0, 0.05) is 6.42 Å². The SMILES string of the molecule is NC1C(O)C[C@@](O)(C(=O)O)OC1C(O)[C@H](O)CO. The molecule has 0 bridgehead atoms. The van der Waals surface area contributed by atoms with Crippen molar-refractivity contribution in [2.45, 2.75) is 42.7 Å². The van der Waals surface area contributed by atoms with Crippen LogP contribution < -0.4 is 5.73 Å². The molecular weight excluding hydrogens is 250 g/mol. The lowest BCUT2D eigenvalue weighted by Gasteiger charge is -2.43. The second-order valence-electron chi connectivity index (χ2n) is 4.26. The summed E-state index contributed by atoms with van der Waals surface area (Å²) in [5.74, 6) is -4.44. The van der Waals surface area contributed by atoms with Crippen molar-refractivity contribution < 1.29 is 40.2 Å². The Hall–Kier alpha value is -0.810. The maximum Gasteiger partial charge on any atom is 0.364 e. The first-order valence-electron chi connectivity index (χ1n) is 5.27. The molecule has 8 N–H and O–H groups in total. The van der Waals surface area contributed by atoms with E-state index in [1.807, 2.05) is 0 Å². The molecule has 4 unspecified atom stereocenters. The zero-order valence-electron chi connectivity index (χ0n) is 9.38. The molecule has 9 nitrogen and oxygen atoms in total. The van der Waals surface area contributed by atoms with E-state index < -0.39 is 55.2 Å². The number of ether oxygens (including phenoxy) is 1. The summed E-state index contributed by atoms with van der Waals surface area (Å²) < 4.78 is 4.75. The second-order valence-corrected chi connectivity index (χ2v) is 4.26. The lowest BCUT2D eigenvalue weighted by atomic mass is 9.89. The van der Waals surface area contributed by atoms with Gasteiger partial charge in [-0.15, -0.1) is 0 Å². The van der Waals surface area contributed by atoms with E-state index in [9.17, 15) is 25.2 Å². The van der Waals surface area contributed by atoms with E-state index in [2.05, 4.69) is 0 Å². The molecule has 0 amide bonds. The summed E-state index contributed by atoms with van der Waals surface area (Å²) in [6.45, 7) is -0.810. The van der Waals surface area contributed by atoms with Crippen LogP contribution >= 0.6 is 0 Å². The largest absolute Gasteiger partial charge is 0.477 e. The Balaban J connectivity index is 2.92. The lowest BCUT2D eigenvalue weighted by molar-refractivity contribution is -0.292. The summed E-state index contributed by atoms with van der Waals surface area (Å²) in [6, 6.07) is -1.21. The van der Waals surface area contributed by atoms with Crippen LogP contribution in [0.25, 0.3) is 0 Å². The van der Waals surface area contributed by atoms with Crippen LogP contribution in [0.3, 0.4) is 0 Å². The fourth-order valence-electron chi connectivity index (χ4n) is 1.75. The Labute approximate surface area is 102 Å². The first kappa shape index (κ1) is 15.2. The Bertz CT molecular complexity index is 313. The van der Waals surface area contributed by atoms with Crippen molar-refractivity contribution in [1.29, 1.82) is 0 Å². The van der Waals surface area contributed by atoms with E-state index in [1.165, 1.54) is 0 Å². The van der Waals surface area contributed by atoms with Gasteiger partial charge in [-0.25, -0.2) is 4.79 Å². The minimum Gasteiger partial charge on any atom is -0.477 e. The molecule has 0 saturated carbocycles. The molecule has 1 aliphatic rings. The highest BCUT2D eigenvalue weighted by atomic mass is 16.7. The van der Waals surface area contributed by atoms with Crippen LogP contribution in [-0.2, 0) is 9.53 Å². The molecule has 0 aromatic heterocycles. The minimum atomic E-state index is -2.70. The average Bonchev–Trinajstić information content (AvgIpc) is 2.31. The number of aliphatic hydroxyl groups is 5. The molecule has 0 aliphatic carbocycles. The van der Waals surface area contributed by atoms with Crippen molar-refractivity contribution in [3.63, 3.8) is 0 Å². The van der Waals surface area contributed by atoms with Gasteiger partial charge in [0.15, 0.2) is 0 Å². The van der Waals surface area contributed by atoms with Crippen molar-refractivity contribution in [3.05, 3.63) is 0 Å². The van der Waals surface area contributed by atoms with Crippen molar-refractivity contribution in [3.8, 4) is 0 Å². The fraction of sp³-hybridized carbons (Fsp3) is 0.889. The van der Waals surface area contributed by atoms with Crippen molar-refractivity contribution >= 4 is 5.97 Å². The monoisotopic (exact) mass is 267 g/mol. The molecule has 1 heterocycles. The van der Waals surface area contributed by atoms with Gasteiger partial charge in [-0.05, 0) is 0 Å². The first-order valence-corrected chi connectivity index (χ1v) is 5.27. The number of aliphatic hydroxyl groups excluding tert-OH is 4. The molecule has 1 aliphatic heterocycles. The van der Waals surface area contributed by atoms with Gasteiger partial charge in [0.1, 0.15) is 18.3 Å². The number of carboxylic acid groups (broad SMARTS) is 1. The molecule has 18 heavy (non-hydrogen) atoms. The molecular formula is C9H17NO8. The van der Waals surface area contributed by atoms with Gasteiger partial charge in [-0.2, -0.15) is 0 Å². The third-order valence-electron chi connectivity index (χ3n) is 2.89. The summed E-state index contributed by atoms with van der Waals surface area (Å²) in [6.07, 6.45) is -7.01. The maximum atomic E-state index is 10.8. The third-order valence-corrected chi connectivity index (χ3v) is 2.89. The fourth-order valence-corrected chi connectivity index (χ4v) is 1.75. The van der Waals surface area contributed by atoms with E-state index in [0.717, 1.165) is 0 Å². The summed E-state index contributed by atoms with van der Waals surface area (Å²) in [4.78, 5) is 10.8. The van der Waals surface area contributed by atoms with Gasteiger partial charge in [0.25, 0.3) is 5.79 Å². The maximum absolute atomic E-state index is 10.8. The third kappa shape index (κ3) is 2.78. The smallest absolute Gasteiger partial charge is 0.364 e. The van der Waals surface area contributed by atoms with Crippen LogP contribution in [0.4, 0.5) is 0 Å². The standard InChI is InChI=1S/C9H17NO8/c10-5-3(12)1-9(17,8(15)16)18-7(5)6(14)4(13)2-11/h3-7,11-14,17H,1-2,10H2,(H,15,16)/t3?,4-,5?,6?,7?,9+/m1/s1. The van der Waals surface area contributed by atoms with E-state index in [-0.39, 0.29) is 0 Å². The highest BCUT2D eigenvalue weighted by molar-refractivity contribution is 5.75. The number of carboxylic acids is 1. The van der Waals surface area contributed by atoms with Gasteiger partial charge >= 0.3 is 5.97 Å². The van der Waals surface area contributed by atoms with Gasteiger partial charge < -0.3 is 41.1 Å². The van der Waals surface area contributed by atoms with E-state index in [1.54, 1.807) is 0 Å². The number of aliphatic carboxylic acids is 1. The van der Waals surface area contributed by atoms with Gasteiger partial charge in [0.05, 0.1) is 18.8 Å². The Morgan fingerprint density at radius 2 is 2.06 bits per heavy atom. The van der Waals surface area contributed by atoms with Crippen molar-refractivity contribution in [2.24, 2.45) is 5.73 Å². The van der Waals surface area contributed by atoms with Crippen LogP contribution in [0, 0.1) is 0 Å². The Morgan fingerprint density at radius 3 is 2.50 bits per heavy atom. The number of hydrogen-bond donors (Lipinski definition) is 7. The molecule has 0 radical (unpaired) electrons. The summed E-state index contributed by atoms with van der Waals surface area (Å²) in [7, 11) is 0. The number of carbonyl (C=O) groups is 1. The van der Waals surface area contributed by atoms with E-state index in [0.29, 0.717) is 0 Å². The zero-order chi connectivity index (χ0) is 14.1. The summed E-state index contributed by atoms with van der Waals surface area (Å²) in [5, 5.41) is 55.5. The predicted octanol–water partition coefficient (Wildman–Crippen LogP) is -4.05. The molecule has 1 saturated heterocycles. The second kappa shape index (κ2) is 5.45. The minimum absolute atomic E-state index is 0.665. The van der Waals surface area contributed by atoms with E-state index >= 15 is 0 Å².